The van der Waals surface area contributed by atoms with Crippen molar-refractivity contribution in [3.63, 3.8) is 0 Å². The number of rotatable bonds is 9. The van der Waals surface area contributed by atoms with E-state index in [1.165, 1.54) is 4.90 Å². The van der Waals surface area contributed by atoms with Crippen LogP contribution in [0.15, 0.2) is 30.3 Å². The van der Waals surface area contributed by atoms with Crippen molar-refractivity contribution in [1.82, 2.24) is 10.2 Å². The fourth-order valence-electron chi connectivity index (χ4n) is 3.58. The van der Waals surface area contributed by atoms with Crippen molar-refractivity contribution in [3.05, 3.63) is 41.5 Å². The minimum atomic E-state index is -0.556. The molecule has 8 heteroatoms. The molecule has 3 rings (SSSR count). The summed E-state index contributed by atoms with van der Waals surface area (Å²) in [5, 5.41) is 4.05. The van der Waals surface area contributed by atoms with Crippen molar-refractivity contribution in [2.75, 3.05) is 33.4 Å². The van der Waals surface area contributed by atoms with Crippen molar-refractivity contribution >= 4 is 28.7 Å². The molecule has 2 aromatic rings. The maximum atomic E-state index is 13.1. The normalized spacial score (nSPS) is 13.4. The Kier molecular flexibility index (Phi) is 7.35. The fourth-order valence-corrected chi connectivity index (χ4v) is 3.58. The van der Waals surface area contributed by atoms with Gasteiger partial charge in [0.1, 0.15) is 18.0 Å². The van der Waals surface area contributed by atoms with Gasteiger partial charge in [0.25, 0.3) is 11.8 Å². The van der Waals surface area contributed by atoms with Crippen LogP contribution in [-0.4, -0.2) is 61.8 Å². The van der Waals surface area contributed by atoms with E-state index in [1.807, 2.05) is 6.07 Å². The molecule has 0 aromatic heterocycles. The highest BCUT2D eigenvalue weighted by Gasteiger charge is 2.33. The number of carbonyl (C=O) groups excluding carboxylic acids is 3. The first-order valence-electron chi connectivity index (χ1n) is 10.7. The first-order valence-corrected chi connectivity index (χ1v) is 10.7. The third-order valence-corrected chi connectivity index (χ3v) is 4.97. The summed E-state index contributed by atoms with van der Waals surface area (Å²) in [5.74, 6) is -0.0191. The molecule has 0 atom stereocenters. The van der Waals surface area contributed by atoms with E-state index in [2.05, 4.69) is 5.32 Å². The van der Waals surface area contributed by atoms with Gasteiger partial charge in [0.05, 0.1) is 6.61 Å². The fraction of sp³-hybridized carbons (Fsp3) is 0.458. The van der Waals surface area contributed by atoms with E-state index in [0.29, 0.717) is 54.9 Å². The number of nitrogens with zero attached hydrogens (tertiary/aromatic N) is 1. The summed E-state index contributed by atoms with van der Waals surface area (Å²) >= 11 is 0. The lowest BCUT2D eigenvalue weighted by atomic mass is 9.93. The number of hydrogen-bond acceptors (Lipinski definition) is 6. The van der Waals surface area contributed by atoms with E-state index in [4.69, 9.17) is 14.2 Å². The van der Waals surface area contributed by atoms with Gasteiger partial charge in [-0.05, 0) is 51.8 Å². The maximum Gasteiger partial charge on any atom is 0.407 e. The number of imide groups is 1. The van der Waals surface area contributed by atoms with Gasteiger partial charge in [-0.2, -0.15) is 0 Å². The number of unbranched alkanes of at least 4 members (excludes halogenated alkanes) is 1. The summed E-state index contributed by atoms with van der Waals surface area (Å²) < 4.78 is 16.0. The van der Waals surface area contributed by atoms with Crippen LogP contribution in [0.1, 0.15) is 54.3 Å². The van der Waals surface area contributed by atoms with Crippen LogP contribution in [0.25, 0.3) is 10.8 Å². The van der Waals surface area contributed by atoms with Crippen LogP contribution >= 0.6 is 0 Å². The maximum absolute atomic E-state index is 13.1. The Hall–Kier alpha value is -3.13. The van der Waals surface area contributed by atoms with E-state index < -0.39 is 11.7 Å². The third-order valence-electron chi connectivity index (χ3n) is 4.97. The molecule has 3 amide bonds. The first kappa shape index (κ1) is 23.5. The van der Waals surface area contributed by atoms with Gasteiger partial charge < -0.3 is 19.5 Å². The van der Waals surface area contributed by atoms with Crippen LogP contribution in [0.2, 0.25) is 0 Å². The molecule has 1 heterocycles. The van der Waals surface area contributed by atoms with Gasteiger partial charge in [0, 0.05) is 42.1 Å². The van der Waals surface area contributed by atoms with Gasteiger partial charge in [-0.25, -0.2) is 4.79 Å². The molecule has 0 saturated carbocycles. The highest BCUT2D eigenvalue weighted by atomic mass is 16.6. The van der Waals surface area contributed by atoms with Gasteiger partial charge in [0.2, 0.25) is 0 Å². The monoisotopic (exact) mass is 442 g/mol. The Balaban J connectivity index is 1.66. The van der Waals surface area contributed by atoms with Gasteiger partial charge in [0.15, 0.2) is 0 Å². The molecular formula is C24H30N2O6. The molecule has 0 radical (unpaired) electrons. The smallest absolute Gasteiger partial charge is 0.407 e. The van der Waals surface area contributed by atoms with Crippen LogP contribution in [0.4, 0.5) is 4.79 Å². The second kappa shape index (κ2) is 9.99. The highest BCUT2D eigenvalue weighted by Crippen LogP contribution is 2.35. The molecule has 0 unspecified atom stereocenters. The zero-order chi connectivity index (χ0) is 23.3. The Morgan fingerprint density at radius 1 is 1.00 bits per heavy atom. The van der Waals surface area contributed by atoms with E-state index in [1.54, 1.807) is 52.1 Å². The Labute approximate surface area is 187 Å². The number of ether oxygens (including phenoxy) is 3. The van der Waals surface area contributed by atoms with E-state index in [9.17, 15) is 14.4 Å². The lowest BCUT2D eigenvalue weighted by Gasteiger charge is -2.27. The third kappa shape index (κ3) is 5.37. The molecular weight excluding hydrogens is 412 g/mol. The molecule has 8 nitrogen and oxygen atoms in total. The van der Waals surface area contributed by atoms with E-state index in [-0.39, 0.29) is 18.4 Å². The van der Waals surface area contributed by atoms with Crippen LogP contribution in [0, 0.1) is 0 Å². The summed E-state index contributed by atoms with van der Waals surface area (Å²) in [5.41, 5.74) is 0.419. The van der Waals surface area contributed by atoms with Crippen LogP contribution in [0.5, 0.6) is 5.75 Å². The predicted molar refractivity (Wildman–Crippen MR) is 120 cm³/mol. The molecule has 32 heavy (non-hydrogen) atoms. The summed E-state index contributed by atoms with van der Waals surface area (Å²) in [6.45, 7) is 6.89. The predicted octanol–water partition coefficient (Wildman–Crippen LogP) is 3.77. The summed E-state index contributed by atoms with van der Waals surface area (Å²) in [6.07, 6.45) is 0.697. The number of amides is 3. The molecule has 1 aliphatic rings. The van der Waals surface area contributed by atoms with Crippen molar-refractivity contribution in [2.45, 2.75) is 39.2 Å². The van der Waals surface area contributed by atoms with Crippen LogP contribution in [0.3, 0.4) is 0 Å². The molecule has 1 N–H and O–H groups in total. The number of hydrogen-bond donors (Lipinski definition) is 1. The summed E-state index contributed by atoms with van der Waals surface area (Å²) in [7, 11) is 1.60. The largest absolute Gasteiger partial charge is 0.491 e. The zero-order valence-electron chi connectivity index (χ0n) is 19.0. The quantitative estimate of drug-likeness (QED) is 0.469. The molecule has 0 bridgehead atoms. The van der Waals surface area contributed by atoms with Gasteiger partial charge >= 0.3 is 6.09 Å². The lowest BCUT2D eigenvalue weighted by Crippen LogP contribution is -2.41. The highest BCUT2D eigenvalue weighted by molar-refractivity contribution is 6.26. The average Bonchev–Trinajstić information content (AvgIpc) is 2.73. The Bertz CT molecular complexity index is 989. The Morgan fingerprint density at radius 3 is 2.41 bits per heavy atom. The minimum absolute atomic E-state index is 0.273. The van der Waals surface area contributed by atoms with Gasteiger partial charge in [-0.15, -0.1) is 0 Å². The summed E-state index contributed by atoms with van der Waals surface area (Å²) in [6, 6.07) is 8.84. The molecule has 1 aliphatic heterocycles. The topological polar surface area (TPSA) is 94.2 Å². The number of benzene rings is 2. The first-order chi connectivity index (χ1) is 15.2. The van der Waals surface area contributed by atoms with Crippen molar-refractivity contribution < 1.29 is 28.6 Å². The minimum Gasteiger partial charge on any atom is -0.491 e. The number of carbonyl (C=O) groups is 3. The van der Waals surface area contributed by atoms with Crippen molar-refractivity contribution in [3.8, 4) is 5.75 Å². The summed E-state index contributed by atoms with van der Waals surface area (Å²) in [4.78, 5) is 39.1. The Morgan fingerprint density at radius 2 is 1.72 bits per heavy atom. The molecule has 0 spiro atoms. The number of methoxy groups -OCH3 is 1. The zero-order valence-corrected chi connectivity index (χ0v) is 19.0. The molecule has 0 fully saturated rings. The van der Waals surface area contributed by atoms with Crippen molar-refractivity contribution in [2.24, 2.45) is 0 Å². The van der Waals surface area contributed by atoms with Crippen molar-refractivity contribution in [1.29, 1.82) is 0 Å². The van der Waals surface area contributed by atoms with Crippen LogP contribution < -0.4 is 10.1 Å². The van der Waals surface area contributed by atoms with Gasteiger partial charge in [-0.3, -0.25) is 14.5 Å². The van der Waals surface area contributed by atoms with E-state index in [0.717, 1.165) is 5.39 Å². The standard InChI is InChI=1S/C24H30N2O6/c1-24(2,3)32-23(29)25-12-5-6-13-26-21(27)17-9-7-8-16-19(31-15-14-30-4)11-10-18(20(16)17)22(26)28/h7-11H,5-6,12-15H2,1-4H3,(H,25,29). The number of nitrogens with one attached hydrogen (secondary N) is 1. The lowest BCUT2D eigenvalue weighted by molar-refractivity contribution is 0.0519. The molecule has 172 valence electrons. The second-order valence-electron chi connectivity index (χ2n) is 8.58. The second-order valence-corrected chi connectivity index (χ2v) is 8.58. The average molecular weight is 443 g/mol. The molecule has 2 aromatic carbocycles. The molecule has 0 aliphatic carbocycles. The SMILES string of the molecule is COCCOc1ccc2c3c(cccc13)C(=O)N(CCCCNC(=O)OC(C)(C)C)C2=O. The van der Waals surface area contributed by atoms with Crippen LogP contribution in [-0.2, 0) is 9.47 Å². The van der Waals surface area contributed by atoms with Gasteiger partial charge in [-0.1, -0.05) is 12.1 Å². The number of alkyl carbamates (subject to hydrolysis) is 1. The van der Waals surface area contributed by atoms with E-state index >= 15 is 0 Å². The molecule has 0 saturated heterocycles.